The van der Waals surface area contributed by atoms with Gasteiger partial charge in [0, 0.05) is 12.1 Å². The largest absolute Gasteiger partial charge is 0.373 e. The van der Waals surface area contributed by atoms with Crippen LogP contribution < -0.4 is 11.1 Å². The van der Waals surface area contributed by atoms with Gasteiger partial charge in [-0.05, 0) is 25.7 Å². The molecule has 0 aliphatic carbocycles. The molecule has 3 aliphatic rings. The van der Waals surface area contributed by atoms with Crippen molar-refractivity contribution >= 4 is 30.1 Å². The number of carbonyl (C=O) groups excluding carboxylic acids is 3. The number of nitrogens with two attached hydrogens (primary N) is 1. The average molecular weight is 360 g/mol. The minimum atomic E-state index is -0.446. The Hall–Kier alpha value is -1.18. The minimum absolute atomic E-state index is 0. The molecule has 3 N–H and O–H groups in total. The fraction of sp³-hybridized carbons (Fsp3) is 0.812. The van der Waals surface area contributed by atoms with Crippen LogP contribution in [0.25, 0.3) is 0 Å². The summed E-state index contributed by atoms with van der Waals surface area (Å²) in [4.78, 5) is 38.1. The highest BCUT2D eigenvalue weighted by Gasteiger charge is 2.62. The van der Waals surface area contributed by atoms with Crippen LogP contribution in [0.3, 0.4) is 0 Å². The van der Waals surface area contributed by atoms with Crippen molar-refractivity contribution in [3.05, 3.63) is 0 Å². The molecule has 0 aromatic heterocycles. The maximum Gasteiger partial charge on any atom is 0.240 e. The Morgan fingerprint density at radius 3 is 2.17 bits per heavy atom. The summed E-state index contributed by atoms with van der Waals surface area (Å²) in [6.45, 7) is 4.07. The Bertz CT molecular complexity index is 509. The van der Waals surface area contributed by atoms with Crippen LogP contribution in [0.4, 0.5) is 0 Å². The molecule has 8 heteroatoms. The molecule has 136 valence electrons. The SMILES string of the molecule is CCC(N)(CC)CNC(=O)CN1C(=O)C2C3CCC(O3)C2C1=O.Cl. The molecule has 3 rings (SSSR count). The summed E-state index contributed by atoms with van der Waals surface area (Å²) in [6, 6.07) is 0. The molecule has 4 unspecified atom stereocenters. The zero-order valence-electron chi connectivity index (χ0n) is 14.1. The number of rotatable bonds is 6. The number of amides is 3. The first-order valence-corrected chi connectivity index (χ1v) is 8.46. The Morgan fingerprint density at radius 2 is 1.71 bits per heavy atom. The van der Waals surface area contributed by atoms with Crippen molar-refractivity contribution in [2.24, 2.45) is 17.6 Å². The number of fused-ring (bicyclic) bond motifs is 5. The van der Waals surface area contributed by atoms with Crippen molar-refractivity contribution in [2.75, 3.05) is 13.1 Å². The predicted molar refractivity (Wildman–Crippen MR) is 89.4 cm³/mol. The Morgan fingerprint density at radius 1 is 1.21 bits per heavy atom. The summed E-state index contributed by atoms with van der Waals surface area (Å²) in [6.07, 6.45) is 2.85. The second-order valence-electron chi connectivity index (χ2n) is 6.95. The molecule has 0 spiro atoms. The Kier molecular flexibility index (Phi) is 5.57. The van der Waals surface area contributed by atoms with Gasteiger partial charge in [0.2, 0.25) is 17.7 Å². The highest BCUT2D eigenvalue weighted by Crippen LogP contribution is 2.48. The van der Waals surface area contributed by atoms with E-state index >= 15 is 0 Å². The third-order valence-corrected chi connectivity index (χ3v) is 5.72. The van der Waals surface area contributed by atoms with Crippen LogP contribution in [0.15, 0.2) is 0 Å². The van der Waals surface area contributed by atoms with Gasteiger partial charge < -0.3 is 15.8 Å². The van der Waals surface area contributed by atoms with Crippen LogP contribution in [0, 0.1) is 11.8 Å². The summed E-state index contributed by atoms with van der Waals surface area (Å²) < 4.78 is 5.67. The Labute approximate surface area is 148 Å². The van der Waals surface area contributed by atoms with Crippen LogP contribution in [0.1, 0.15) is 39.5 Å². The lowest BCUT2D eigenvalue weighted by molar-refractivity contribution is -0.146. The van der Waals surface area contributed by atoms with Gasteiger partial charge >= 0.3 is 0 Å². The molecule has 0 radical (unpaired) electrons. The van der Waals surface area contributed by atoms with E-state index in [2.05, 4.69) is 5.32 Å². The minimum Gasteiger partial charge on any atom is -0.373 e. The van der Waals surface area contributed by atoms with Gasteiger partial charge in [-0.2, -0.15) is 0 Å². The number of imide groups is 1. The maximum atomic E-state index is 12.5. The standard InChI is InChI=1S/C16H25N3O4.ClH/c1-3-16(17,4-2)8-18-11(20)7-19-14(21)12-9-5-6-10(23-9)13(12)15(19)22;/h9-10,12-13H,3-8,17H2,1-2H3,(H,18,20);1H. The zero-order chi connectivity index (χ0) is 16.8. The van der Waals surface area contributed by atoms with E-state index in [1.54, 1.807) is 0 Å². The number of ether oxygens (including phenoxy) is 1. The van der Waals surface area contributed by atoms with E-state index in [1.165, 1.54) is 0 Å². The monoisotopic (exact) mass is 359 g/mol. The quantitative estimate of drug-likeness (QED) is 0.660. The molecule has 3 amide bonds. The molecular weight excluding hydrogens is 334 g/mol. The lowest BCUT2D eigenvalue weighted by atomic mass is 9.81. The molecule has 0 aromatic rings. The van der Waals surface area contributed by atoms with Crippen LogP contribution >= 0.6 is 12.4 Å². The van der Waals surface area contributed by atoms with Crippen molar-refractivity contribution < 1.29 is 19.1 Å². The number of hydrogen-bond donors (Lipinski definition) is 2. The predicted octanol–water partition coefficient (Wildman–Crippen LogP) is 0.204. The highest BCUT2D eigenvalue weighted by molar-refractivity contribution is 6.08. The number of hydrogen-bond acceptors (Lipinski definition) is 5. The van der Waals surface area contributed by atoms with E-state index in [9.17, 15) is 14.4 Å². The summed E-state index contributed by atoms with van der Waals surface area (Å²) in [5, 5.41) is 2.76. The van der Waals surface area contributed by atoms with Crippen LogP contribution in [0.5, 0.6) is 0 Å². The third kappa shape index (κ3) is 3.05. The number of likely N-dealkylation sites (tertiary alicyclic amines) is 1. The van der Waals surface area contributed by atoms with Gasteiger partial charge in [-0.3, -0.25) is 19.3 Å². The normalized spacial score (nSPS) is 31.2. The van der Waals surface area contributed by atoms with Gasteiger partial charge in [-0.1, -0.05) is 13.8 Å². The second kappa shape index (κ2) is 6.98. The van der Waals surface area contributed by atoms with Gasteiger partial charge in [0.1, 0.15) is 6.54 Å². The second-order valence-corrected chi connectivity index (χ2v) is 6.95. The van der Waals surface area contributed by atoms with Crippen LogP contribution in [-0.4, -0.2) is 53.5 Å². The van der Waals surface area contributed by atoms with Gasteiger partial charge in [0.05, 0.1) is 24.0 Å². The number of nitrogens with one attached hydrogen (secondary N) is 1. The van der Waals surface area contributed by atoms with Gasteiger partial charge in [0.15, 0.2) is 0 Å². The molecule has 3 fully saturated rings. The lowest BCUT2D eigenvalue weighted by Gasteiger charge is -2.27. The van der Waals surface area contributed by atoms with E-state index in [4.69, 9.17) is 10.5 Å². The summed E-state index contributed by atoms with van der Waals surface area (Å²) in [7, 11) is 0. The molecule has 0 saturated carbocycles. The number of nitrogens with zero attached hydrogens (tertiary/aromatic N) is 1. The molecule has 3 saturated heterocycles. The fourth-order valence-corrected chi connectivity index (χ4v) is 3.90. The van der Waals surface area contributed by atoms with Crippen LogP contribution in [-0.2, 0) is 19.1 Å². The zero-order valence-corrected chi connectivity index (χ0v) is 14.9. The first-order valence-electron chi connectivity index (χ1n) is 8.46. The first kappa shape index (κ1) is 19.1. The van der Waals surface area contributed by atoms with Crippen molar-refractivity contribution in [2.45, 2.75) is 57.3 Å². The van der Waals surface area contributed by atoms with Gasteiger partial charge in [-0.25, -0.2) is 0 Å². The summed E-state index contributed by atoms with van der Waals surface area (Å²) in [5.41, 5.74) is 5.70. The van der Waals surface area contributed by atoms with Gasteiger partial charge in [-0.15, -0.1) is 12.4 Å². The van der Waals surface area contributed by atoms with E-state index in [0.29, 0.717) is 6.54 Å². The molecule has 4 atom stereocenters. The molecular formula is C16H26ClN3O4. The number of halogens is 1. The number of carbonyl (C=O) groups is 3. The van der Waals surface area contributed by atoms with E-state index < -0.39 is 5.54 Å². The summed E-state index contributed by atoms with van der Waals surface area (Å²) in [5.74, 6) is -1.61. The molecule has 24 heavy (non-hydrogen) atoms. The first-order chi connectivity index (χ1) is 10.9. The molecule has 3 aliphatic heterocycles. The van der Waals surface area contributed by atoms with Crippen LogP contribution in [0.2, 0.25) is 0 Å². The van der Waals surface area contributed by atoms with E-state index in [0.717, 1.165) is 30.6 Å². The lowest BCUT2D eigenvalue weighted by Crippen LogP contribution is -2.51. The maximum absolute atomic E-state index is 12.5. The summed E-state index contributed by atoms with van der Waals surface area (Å²) >= 11 is 0. The van der Waals surface area contributed by atoms with Crippen molar-refractivity contribution in [3.63, 3.8) is 0 Å². The highest BCUT2D eigenvalue weighted by atomic mass is 35.5. The van der Waals surface area contributed by atoms with Crippen molar-refractivity contribution in [1.29, 1.82) is 0 Å². The van der Waals surface area contributed by atoms with Gasteiger partial charge in [0.25, 0.3) is 0 Å². The topological polar surface area (TPSA) is 102 Å². The molecule has 7 nitrogen and oxygen atoms in total. The third-order valence-electron chi connectivity index (χ3n) is 5.72. The smallest absolute Gasteiger partial charge is 0.240 e. The Balaban J connectivity index is 0.00000208. The van der Waals surface area contributed by atoms with Crippen molar-refractivity contribution in [3.8, 4) is 0 Å². The average Bonchev–Trinajstić information content (AvgIpc) is 3.22. The van der Waals surface area contributed by atoms with Crippen molar-refractivity contribution in [1.82, 2.24) is 10.2 Å². The molecule has 0 aromatic carbocycles. The molecule has 2 bridgehead atoms. The van der Waals surface area contributed by atoms with E-state index in [1.807, 2.05) is 13.8 Å². The fourth-order valence-electron chi connectivity index (χ4n) is 3.90. The molecule has 3 heterocycles. The van der Waals surface area contributed by atoms with E-state index in [-0.39, 0.29) is 60.7 Å².